The molecule has 0 aliphatic carbocycles. The number of ether oxygens (including phenoxy) is 1. The number of aliphatic hydroxyl groups is 1. The number of hydrogen-bond acceptors (Lipinski definition) is 10. The third-order valence-corrected chi connectivity index (χ3v) is 4.78. The minimum atomic E-state index is -4.22. The van der Waals surface area contributed by atoms with E-state index in [4.69, 9.17) is 31.4 Å². The Bertz CT molecular complexity index is 848. The molecule has 5 atom stereocenters. The molecule has 0 saturated carbocycles. The van der Waals surface area contributed by atoms with Crippen molar-refractivity contribution < 1.29 is 33.2 Å². The Labute approximate surface area is 138 Å². The van der Waals surface area contributed by atoms with Crippen molar-refractivity contribution in [2.75, 3.05) is 12.3 Å². The normalized spacial score (nSPS) is 36.0. The summed E-state index contributed by atoms with van der Waals surface area (Å²) in [6.45, 7) is -0.233. The lowest BCUT2D eigenvalue weighted by Crippen LogP contribution is -2.41. The predicted octanol–water partition coefficient (Wildman–Crippen LogP) is -0.908. The van der Waals surface area contributed by atoms with E-state index < -0.39 is 32.4 Å². The van der Waals surface area contributed by atoms with E-state index in [1.165, 1.54) is 6.33 Å². The summed E-state index contributed by atoms with van der Waals surface area (Å²) in [6.07, 6.45) is -3.31. The Kier molecular flexibility index (Phi) is 3.65. The summed E-state index contributed by atoms with van der Waals surface area (Å²) in [4.78, 5) is 26.5. The first-order chi connectivity index (χ1) is 11.4. The third-order valence-electron chi connectivity index (χ3n) is 3.55. The van der Waals surface area contributed by atoms with E-state index in [9.17, 15) is 14.6 Å². The van der Waals surface area contributed by atoms with Crippen LogP contribution in [0.4, 0.5) is 5.82 Å². The van der Waals surface area contributed by atoms with Gasteiger partial charge in [0, 0.05) is 0 Å². The van der Waals surface area contributed by atoms with Crippen molar-refractivity contribution in [2.24, 2.45) is 0 Å². The molecule has 2 aliphatic rings. The fraction of sp³-hybridized carbons (Fsp3) is 0.500. The highest BCUT2D eigenvalue weighted by atomic mass is 35.5. The highest BCUT2D eigenvalue weighted by molar-refractivity contribution is 7.47. The number of hydrogen-bond donors (Lipinski definition) is 3. The number of anilines is 1. The molecule has 12 nitrogen and oxygen atoms in total. The molecule has 0 aromatic carbocycles. The summed E-state index contributed by atoms with van der Waals surface area (Å²) in [7, 11) is -4.22. The van der Waals surface area contributed by atoms with Crippen LogP contribution in [0.1, 0.15) is 0 Å². The van der Waals surface area contributed by atoms with Gasteiger partial charge in [-0.1, -0.05) is 0 Å². The van der Waals surface area contributed by atoms with Gasteiger partial charge in [0.25, 0.3) is 6.29 Å². The zero-order chi connectivity index (χ0) is 17.1. The molecule has 0 amide bonds. The van der Waals surface area contributed by atoms with Gasteiger partial charge in [0.1, 0.15) is 24.6 Å². The maximum Gasteiger partial charge on any atom is 0.472 e. The number of imidazole rings is 1. The molecule has 4 rings (SSSR count). The summed E-state index contributed by atoms with van der Waals surface area (Å²) in [6, 6.07) is 0. The Morgan fingerprint density at radius 3 is 3.08 bits per heavy atom. The van der Waals surface area contributed by atoms with Crippen LogP contribution in [0.5, 0.6) is 0 Å². The van der Waals surface area contributed by atoms with Crippen LogP contribution in [-0.2, 0) is 18.3 Å². The molecule has 0 radical (unpaired) electrons. The molecule has 14 heteroatoms. The lowest BCUT2D eigenvalue weighted by molar-refractivity contribution is -0.168. The highest BCUT2D eigenvalue weighted by Gasteiger charge is 2.53. The molecule has 2 saturated heterocycles. The first kappa shape index (κ1) is 16.0. The van der Waals surface area contributed by atoms with Crippen molar-refractivity contribution in [2.45, 2.75) is 24.6 Å². The van der Waals surface area contributed by atoms with Crippen molar-refractivity contribution in [1.82, 2.24) is 19.7 Å². The van der Waals surface area contributed by atoms with E-state index in [2.05, 4.69) is 19.5 Å². The molecule has 2 aromatic rings. The van der Waals surface area contributed by atoms with Gasteiger partial charge in [-0.15, -0.1) is 4.73 Å². The number of phosphoric ester groups is 1. The van der Waals surface area contributed by atoms with E-state index in [-0.39, 0.29) is 28.9 Å². The standard InChI is InChI=1S/C10H11ClN5O7P/c11-10-15-4-7(12)13-2-14-8(4)16(10)22-9-5(17)6-3(21-9)1-20-24(18,19)23-6/h2-3,5-6,9,17H,1H2,(H,18,19)(H2,12,13,14)/t3-,5-,6-,9+/m1/s1. The van der Waals surface area contributed by atoms with Crippen LogP contribution < -0.4 is 10.6 Å². The van der Waals surface area contributed by atoms with Crippen LogP contribution >= 0.6 is 19.4 Å². The fourth-order valence-corrected chi connectivity index (χ4v) is 3.64. The van der Waals surface area contributed by atoms with Crippen molar-refractivity contribution in [3.8, 4) is 0 Å². The van der Waals surface area contributed by atoms with Crippen LogP contribution in [-0.4, -0.2) is 60.9 Å². The zero-order valence-corrected chi connectivity index (χ0v) is 13.4. The fourth-order valence-electron chi connectivity index (χ4n) is 2.47. The van der Waals surface area contributed by atoms with Crippen molar-refractivity contribution >= 4 is 36.4 Å². The number of nitrogens with zero attached hydrogens (tertiary/aromatic N) is 4. The van der Waals surface area contributed by atoms with E-state index in [0.29, 0.717) is 0 Å². The maximum atomic E-state index is 11.4. The Balaban J connectivity index is 1.62. The van der Waals surface area contributed by atoms with Crippen LogP contribution in [0.25, 0.3) is 11.2 Å². The summed E-state index contributed by atoms with van der Waals surface area (Å²) >= 11 is 5.99. The largest absolute Gasteiger partial charge is 0.472 e. The molecular formula is C10H11ClN5O7P. The number of rotatable bonds is 2. The second kappa shape index (κ2) is 5.49. The number of halogens is 1. The van der Waals surface area contributed by atoms with Crippen LogP contribution in [0.3, 0.4) is 0 Å². The summed E-state index contributed by atoms with van der Waals surface area (Å²) in [5, 5.41) is 10.1. The van der Waals surface area contributed by atoms with E-state index in [1.54, 1.807) is 0 Å². The topological polar surface area (TPSA) is 164 Å². The number of nitrogens with two attached hydrogens (primary N) is 1. The lowest BCUT2D eigenvalue weighted by Gasteiger charge is -2.27. The summed E-state index contributed by atoms with van der Waals surface area (Å²) < 4.78 is 27.4. The van der Waals surface area contributed by atoms with Gasteiger partial charge in [0.2, 0.25) is 10.9 Å². The molecule has 2 aromatic heterocycles. The van der Waals surface area contributed by atoms with Gasteiger partial charge in [-0.05, 0) is 11.6 Å². The average molecular weight is 380 g/mol. The minimum Gasteiger partial charge on any atom is -0.384 e. The maximum absolute atomic E-state index is 11.4. The van der Waals surface area contributed by atoms with Gasteiger partial charge in [-0.3, -0.25) is 9.05 Å². The minimum absolute atomic E-state index is 0.101. The first-order valence-corrected chi connectivity index (χ1v) is 8.54. The predicted molar refractivity (Wildman–Crippen MR) is 76.6 cm³/mol. The molecule has 0 bridgehead atoms. The smallest absolute Gasteiger partial charge is 0.384 e. The van der Waals surface area contributed by atoms with Gasteiger partial charge >= 0.3 is 7.82 Å². The summed E-state index contributed by atoms with van der Waals surface area (Å²) in [5.74, 6) is 0.101. The molecule has 130 valence electrons. The molecular weight excluding hydrogens is 369 g/mol. The monoisotopic (exact) mass is 379 g/mol. The third kappa shape index (κ3) is 2.52. The van der Waals surface area contributed by atoms with Gasteiger partial charge in [-0.2, -0.15) is 0 Å². The quantitative estimate of drug-likeness (QED) is 0.437. The second-order valence-corrected chi connectivity index (χ2v) is 6.82. The first-order valence-electron chi connectivity index (χ1n) is 6.66. The zero-order valence-electron chi connectivity index (χ0n) is 11.7. The number of nitrogen functional groups attached to an aromatic ring is 1. The average Bonchev–Trinajstić information content (AvgIpc) is 2.99. The van der Waals surface area contributed by atoms with Gasteiger partial charge in [0.05, 0.1) is 6.61 Å². The van der Waals surface area contributed by atoms with Crippen LogP contribution in [0.2, 0.25) is 5.28 Å². The Morgan fingerprint density at radius 2 is 2.29 bits per heavy atom. The number of aromatic nitrogens is 4. The van der Waals surface area contributed by atoms with E-state index in [0.717, 1.165) is 4.73 Å². The molecule has 4 N–H and O–H groups in total. The lowest BCUT2D eigenvalue weighted by atomic mass is 10.1. The van der Waals surface area contributed by atoms with E-state index in [1.807, 2.05) is 0 Å². The Morgan fingerprint density at radius 1 is 1.50 bits per heavy atom. The highest BCUT2D eigenvalue weighted by Crippen LogP contribution is 2.51. The van der Waals surface area contributed by atoms with Gasteiger partial charge < -0.3 is 25.3 Å². The molecule has 2 aliphatic heterocycles. The molecule has 4 heterocycles. The van der Waals surface area contributed by atoms with Crippen LogP contribution in [0.15, 0.2) is 6.33 Å². The van der Waals surface area contributed by atoms with Gasteiger partial charge in [0.15, 0.2) is 11.3 Å². The van der Waals surface area contributed by atoms with Crippen LogP contribution in [0, 0.1) is 0 Å². The number of aliphatic hydroxyl groups excluding tert-OH is 1. The summed E-state index contributed by atoms with van der Waals surface area (Å²) in [5.41, 5.74) is 6.07. The second-order valence-electron chi connectivity index (χ2n) is 5.08. The number of phosphoric acid groups is 1. The molecule has 0 spiro atoms. The van der Waals surface area contributed by atoms with Crippen molar-refractivity contribution in [3.63, 3.8) is 0 Å². The van der Waals surface area contributed by atoms with Gasteiger partial charge in [-0.25, -0.2) is 19.5 Å². The molecule has 2 fully saturated rings. The van der Waals surface area contributed by atoms with Crippen molar-refractivity contribution in [1.29, 1.82) is 0 Å². The molecule has 1 unspecified atom stereocenters. The van der Waals surface area contributed by atoms with Crippen molar-refractivity contribution in [3.05, 3.63) is 11.6 Å². The molecule has 24 heavy (non-hydrogen) atoms. The number of fused-ring (bicyclic) bond motifs is 2. The Hall–Kier alpha value is -1.53. The SMILES string of the molecule is Nc1ncnc2c1nc(Cl)n2O[C@@H]1O[C@@H]2COP(=O)(O)O[C@H]2[C@H]1O. The van der Waals surface area contributed by atoms with E-state index >= 15 is 0 Å².